The van der Waals surface area contributed by atoms with Crippen molar-refractivity contribution >= 4 is 0 Å². The van der Waals surface area contributed by atoms with E-state index in [2.05, 4.69) is 44.8 Å². The normalized spacial score (nSPS) is 31.3. The lowest BCUT2D eigenvalue weighted by Crippen LogP contribution is -2.56. The van der Waals surface area contributed by atoms with Crippen molar-refractivity contribution in [2.24, 2.45) is 5.41 Å². The first kappa shape index (κ1) is 17.2. The number of ether oxygens (including phenoxy) is 2. The molecule has 0 amide bonds. The van der Waals surface area contributed by atoms with Gasteiger partial charge in [0.15, 0.2) is 0 Å². The number of rotatable bonds is 4. The largest absolute Gasteiger partial charge is 0.381 e. The number of nitrogens with one attached hydrogen (secondary N) is 1. The van der Waals surface area contributed by atoms with E-state index in [9.17, 15) is 0 Å². The lowest BCUT2D eigenvalue weighted by atomic mass is 9.78. The minimum atomic E-state index is 0.176. The molecule has 0 aromatic carbocycles. The summed E-state index contributed by atoms with van der Waals surface area (Å²) in [6.45, 7) is 17.2. The molecular formula is C17H34N2O2. The second-order valence-electron chi connectivity index (χ2n) is 8.14. The fourth-order valence-corrected chi connectivity index (χ4v) is 3.27. The van der Waals surface area contributed by atoms with E-state index in [0.717, 1.165) is 52.3 Å². The van der Waals surface area contributed by atoms with E-state index in [1.54, 1.807) is 0 Å². The molecule has 2 rings (SSSR count). The van der Waals surface area contributed by atoms with Crippen LogP contribution in [0.15, 0.2) is 0 Å². The van der Waals surface area contributed by atoms with Crippen LogP contribution >= 0.6 is 0 Å². The van der Waals surface area contributed by atoms with E-state index in [4.69, 9.17) is 9.47 Å². The third-order valence-electron chi connectivity index (χ3n) is 4.82. The summed E-state index contributed by atoms with van der Waals surface area (Å²) in [7, 11) is 0. The van der Waals surface area contributed by atoms with Crippen molar-refractivity contribution in [3.05, 3.63) is 0 Å². The molecule has 2 saturated heterocycles. The van der Waals surface area contributed by atoms with Gasteiger partial charge in [-0.15, -0.1) is 0 Å². The zero-order chi connectivity index (χ0) is 15.5. The monoisotopic (exact) mass is 298 g/mol. The van der Waals surface area contributed by atoms with Crippen LogP contribution in [0.4, 0.5) is 0 Å². The molecular weight excluding hydrogens is 264 g/mol. The Labute approximate surface area is 130 Å². The van der Waals surface area contributed by atoms with Crippen molar-refractivity contribution in [2.75, 3.05) is 39.5 Å². The van der Waals surface area contributed by atoms with Crippen LogP contribution in [0.1, 0.15) is 47.5 Å². The van der Waals surface area contributed by atoms with Gasteiger partial charge in [0.05, 0.1) is 12.7 Å². The highest BCUT2D eigenvalue weighted by Crippen LogP contribution is 2.33. The molecule has 1 N–H and O–H groups in total. The van der Waals surface area contributed by atoms with Crippen LogP contribution in [0.3, 0.4) is 0 Å². The first-order chi connectivity index (χ1) is 9.80. The Morgan fingerprint density at radius 1 is 1.19 bits per heavy atom. The zero-order valence-corrected chi connectivity index (χ0v) is 14.6. The Morgan fingerprint density at radius 3 is 2.48 bits per heavy atom. The fourth-order valence-electron chi connectivity index (χ4n) is 3.27. The predicted molar refractivity (Wildman–Crippen MR) is 86.7 cm³/mol. The summed E-state index contributed by atoms with van der Waals surface area (Å²) < 4.78 is 11.4. The summed E-state index contributed by atoms with van der Waals surface area (Å²) in [6, 6.07) is 0.524. The van der Waals surface area contributed by atoms with Gasteiger partial charge >= 0.3 is 0 Å². The molecule has 124 valence electrons. The second-order valence-corrected chi connectivity index (χ2v) is 8.14. The summed E-state index contributed by atoms with van der Waals surface area (Å²) >= 11 is 0. The molecule has 21 heavy (non-hydrogen) atoms. The van der Waals surface area contributed by atoms with Gasteiger partial charge in [0.25, 0.3) is 0 Å². The van der Waals surface area contributed by atoms with E-state index in [0.29, 0.717) is 17.6 Å². The lowest BCUT2D eigenvalue weighted by Gasteiger charge is -2.46. The van der Waals surface area contributed by atoms with Gasteiger partial charge in [-0.3, -0.25) is 4.90 Å². The molecule has 0 spiro atoms. The molecule has 2 atom stereocenters. The fraction of sp³-hybridized carbons (Fsp3) is 1.00. The molecule has 2 heterocycles. The highest BCUT2D eigenvalue weighted by Gasteiger charge is 2.37. The summed E-state index contributed by atoms with van der Waals surface area (Å²) in [5, 5.41) is 3.73. The second kappa shape index (κ2) is 6.95. The van der Waals surface area contributed by atoms with Crippen molar-refractivity contribution in [3.63, 3.8) is 0 Å². The van der Waals surface area contributed by atoms with E-state index in [1.807, 2.05) is 0 Å². The Morgan fingerprint density at radius 2 is 1.86 bits per heavy atom. The first-order valence-corrected chi connectivity index (χ1v) is 8.48. The summed E-state index contributed by atoms with van der Waals surface area (Å²) in [4.78, 5) is 2.63. The number of morpholine rings is 1. The number of nitrogens with zero attached hydrogens (tertiary/aromatic N) is 1. The molecule has 2 unspecified atom stereocenters. The van der Waals surface area contributed by atoms with Crippen molar-refractivity contribution < 1.29 is 9.47 Å². The van der Waals surface area contributed by atoms with Crippen molar-refractivity contribution in [1.82, 2.24) is 10.2 Å². The molecule has 0 bridgehead atoms. The van der Waals surface area contributed by atoms with Crippen LogP contribution in [0.5, 0.6) is 0 Å². The molecule has 2 fully saturated rings. The molecule has 2 aliphatic heterocycles. The smallest absolute Gasteiger partial charge is 0.0674 e. The minimum absolute atomic E-state index is 0.176. The van der Waals surface area contributed by atoms with Crippen LogP contribution in [0.25, 0.3) is 0 Å². The predicted octanol–water partition coefficient (Wildman–Crippen LogP) is 2.28. The van der Waals surface area contributed by atoms with Gasteiger partial charge in [0, 0.05) is 44.4 Å². The van der Waals surface area contributed by atoms with Gasteiger partial charge in [0.2, 0.25) is 0 Å². The van der Waals surface area contributed by atoms with Crippen LogP contribution in [-0.4, -0.2) is 62.0 Å². The van der Waals surface area contributed by atoms with Gasteiger partial charge in [-0.2, -0.15) is 0 Å². The number of hydrogen-bond donors (Lipinski definition) is 1. The van der Waals surface area contributed by atoms with Gasteiger partial charge in [-0.05, 0) is 52.9 Å². The molecule has 4 heteroatoms. The molecule has 0 aromatic heterocycles. The van der Waals surface area contributed by atoms with Crippen LogP contribution < -0.4 is 5.32 Å². The van der Waals surface area contributed by atoms with E-state index >= 15 is 0 Å². The van der Waals surface area contributed by atoms with Crippen LogP contribution in [0.2, 0.25) is 0 Å². The van der Waals surface area contributed by atoms with Gasteiger partial charge < -0.3 is 14.8 Å². The van der Waals surface area contributed by atoms with Gasteiger partial charge in [-0.1, -0.05) is 0 Å². The highest BCUT2D eigenvalue weighted by molar-refractivity contribution is 4.91. The molecule has 4 nitrogen and oxygen atoms in total. The maximum atomic E-state index is 5.77. The summed E-state index contributed by atoms with van der Waals surface area (Å²) in [5.74, 6) is 0. The van der Waals surface area contributed by atoms with E-state index < -0.39 is 0 Å². The van der Waals surface area contributed by atoms with Crippen LogP contribution in [-0.2, 0) is 9.47 Å². The Balaban J connectivity index is 2.01. The Hall–Kier alpha value is -0.160. The maximum absolute atomic E-state index is 5.77. The number of hydrogen-bond acceptors (Lipinski definition) is 4. The van der Waals surface area contributed by atoms with Gasteiger partial charge in [-0.25, -0.2) is 0 Å². The quantitative estimate of drug-likeness (QED) is 0.863. The average molecular weight is 298 g/mol. The molecule has 2 aliphatic rings. The molecule has 0 saturated carbocycles. The average Bonchev–Trinajstić information content (AvgIpc) is 2.41. The van der Waals surface area contributed by atoms with E-state index in [-0.39, 0.29) is 5.54 Å². The Bertz CT molecular complexity index is 321. The minimum Gasteiger partial charge on any atom is -0.381 e. The summed E-state index contributed by atoms with van der Waals surface area (Å²) in [5.41, 5.74) is 0.520. The molecule has 0 aromatic rings. The molecule has 0 aliphatic carbocycles. The van der Waals surface area contributed by atoms with Gasteiger partial charge in [0.1, 0.15) is 0 Å². The lowest BCUT2D eigenvalue weighted by molar-refractivity contribution is -0.0786. The third-order valence-corrected chi connectivity index (χ3v) is 4.82. The van der Waals surface area contributed by atoms with Crippen molar-refractivity contribution in [1.29, 1.82) is 0 Å². The summed E-state index contributed by atoms with van der Waals surface area (Å²) in [6.07, 6.45) is 2.68. The topological polar surface area (TPSA) is 33.7 Å². The SMILES string of the molecule is CC1CN(CC2(CNC(C)(C)C)CCOCC2)C(C)CO1. The Kier molecular flexibility index (Phi) is 5.69. The zero-order valence-electron chi connectivity index (χ0n) is 14.6. The van der Waals surface area contributed by atoms with Crippen molar-refractivity contribution in [3.8, 4) is 0 Å². The van der Waals surface area contributed by atoms with Crippen molar-refractivity contribution in [2.45, 2.75) is 65.1 Å². The highest BCUT2D eigenvalue weighted by atomic mass is 16.5. The maximum Gasteiger partial charge on any atom is 0.0674 e. The van der Waals surface area contributed by atoms with Crippen LogP contribution in [0, 0.1) is 5.41 Å². The van der Waals surface area contributed by atoms with E-state index in [1.165, 1.54) is 0 Å². The third kappa shape index (κ3) is 5.20. The standard InChI is InChI=1S/C17H34N2O2/c1-14-11-21-15(2)10-19(14)13-17(6-8-20-9-7-17)12-18-16(3,4)5/h14-15,18H,6-13H2,1-5H3. The first-order valence-electron chi connectivity index (χ1n) is 8.48. The molecule has 0 radical (unpaired) electrons.